The van der Waals surface area contributed by atoms with E-state index in [9.17, 15) is 39.3 Å². The van der Waals surface area contributed by atoms with Gasteiger partial charge in [0.15, 0.2) is 9.75 Å². The number of allylic oxidation sites excluding steroid dienone is 2. The number of nitrogens with zero attached hydrogens (tertiary/aromatic N) is 2. The van der Waals surface area contributed by atoms with Gasteiger partial charge in [-0.15, -0.1) is 23.2 Å². The van der Waals surface area contributed by atoms with Crippen molar-refractivity contribution in [2.24, 2.45) is 17.8 Å². The van der Waals surface area contributed by atoms with Crippen molar-refractivity contribution in [1.82, 2.24) is 4.90 Å². The number of phenolic OH excluding ortho intramolecular Hbond substituents is 1. The van der Waals surface area contributed by atoms with Crippen LogP contribution in [0.2, 0.25) is 0 Å². The van der Waals surface area contributed by atoms with Crippen LogP contribution < -0.4 is 4.90 Å². The summed E-state index contributed by atoms with van der Waals surface area (Å²) in [6.45, 7) is 0. The van der Waals surface area contributed by atoms with E-state index in [4.69, 9.17) is 23.2 Å². The number of carboxylic acids is 1. The van der Waals surface area contributed by atoms with Crippen molar-refractivity contribution in [3.05, 3.63) is 65.2 Å². The number of aromatic carboxylic acids is 1. The maximum atomic E-state index is 13.9. The number of carboxylic acid groups (broad SMARTS) is 1. The fraction of sp³-hybridized carbons (Fsp3) is 0.321. The number of hydrogen-bond acceptors (Lipinski definition) is 7. The number of alkyl halides is 2. The molecule has 4 amide bonds. The Balaban J connectivity index is 1.48. The first kappa shape index (κ1) is 26.3. The highest BCUT2D eigenvalue weighted by atomic mass is 35.5. The van der Waals surface area contributed by atoms with Crippen molar-refractivity contribution in [3.63, 3.8) is 0 Å². The summed E-state index contributed by atoms with van der Waals surface area (Å²) in [5, 5.41) is 29.7. The van der Waals surface area contributed by atoms with E-state index in [2.05, 4.69) is 0 Å². The summed E-state index contributed by atoms with van der Waals surface area (Å²) in [7, 11) is 1.29. The molecule has 0 unspecified atom stereocenters. The van der Waals surface area contributed by atoms with Crippen molar-refractivity contribution in [1.29, 1.82) is 0 Å². The third-order valence-electron chi connectivity index (χ3n) is 8.69. The molecule has 10 nitrogen and oxygen atoms in total. The van der Waals surface area contributed by atoms with E-state index in [1.54, 1.807) is 18.2 Å². The lowest BCUT2D eigenvalue weighted by Gasteiger charge is -2.50. The largest absolute Gasteiger partial charge is 0.508 e. The van der Waals surface area contributed by atoms with E-state index in [0.29, 0.717) is 11.1 Å². The van der Waals surface area contributed by atoms with Gasteiger partial charge in [-0.25, -0.2) is 9.69 Å². The molecule has 0 bridgehead atoms. The Labute approximate surface area is 237 Å². The van der Waals surface area contributed by atoms with Crippen molar-refractivity contribution >= 4 is 58.5 Å². The molecule has 2 aliphatic heterocycles. The number of amides is 4. The fourth-order valence-corrected chi connectivity index (χ4v) is 7.94. The van der Waals surface area contributed by atoms with Gasteiger partial charge < -0.3 is 15.3 Å². The van der Waals surface area contributed by atoms with Gasteiger partial charge in [-0.3, -0.25) is 24.1 Å². The Kier molecular flexibility index (Phi) is 5.63. The summed E-state index contributed by atoms with van der Waals surface area (Å²) in [6, 6.07) is 9.51. The molecule has 3 N–H and O–H groups in total. The molecular formula is C28H22Cl2N2O8. The molecule has 0 aromatic heterocycles. The van der Waals surface area contributed by atoms with Crippen LogP contribution in [-0.4, -0.2) is 66.6 Å². The van der Waals surface area contributed by atoms with E-state index in [0.717, 1.165) is 21.9 Å². The number of fused-ring (bicyclic) bond motifs is 4. The SMILES string of the molecule is CN1C(=O)[C@]2(Cl)C[C@@H]3C(=CC[C@@H]4C(=O)N(c5ccc(C(=O)O)c(O)c5)C(=O)[C@@H]43)[C@H](c3cccc(O)c3)[C@]2(Cl)C1=O. The Morgan fingerprint density at radius 2 is 1.70 bits per heavy atom. The third kappa shape index (κ3) is 3.20. The summed E-state index contributed by atoms with van der Waals surface area (Å²) in [4.78, 5) is 63.6. The highest BCUT2D eigenvalue weighted by molar-refractivity contribution is 6.53. The van der Waals surface area contributed by atoms with Crippen LogP contribution in [-0.2, 0) is 19.2 Å². The minimum Gasteiger partial charge on any atom is -0.508 e. The van der Waals surface area contributed by atoms with Gasteiger partial charge in [0.05, 0.1) is 17.5 Å². The van der Waals surface area contributed by atoms with Crippen LogP contribution in [0.3, 0.4) is 0 Å². The van der Waals surface area contributed by atoms with Crippen LogP contribution in [0.15, 0.2) is 54.1 Å². The second-order valence-electron chi connectivity index (χ2n) is 10.6. The predicted molar refractivity (Wildman–Crippen MR) is 141 cm³/mol. The molecule has 6 atom stereocenters. The van der Waals surface area contributed by atoms with Crippen LogP contribution in [0.25, 0.3) is 0 Å². The molecule has 6 rings (SSSR count). The number of hydrogen-bond donors (Lipinski definition) is 3. The first-order valence-corrected chi connectivity index (χ1v) is 13.2. The number of aromatic hydroxyl groups is 2. The molecule has 0 radical (unpaired) electrons. The number of imide groups is 2. The van der Waals surface area contributed by atoms with E-state index >= 15 is 0 Å². The van der Waals surface area contributed by atoms with Crippen LogP contribution >= 0.6 is 23.2 Å². The second-order valence-corrected chi connectivity index (χ2v) is 11.9. The molecule has 2 aliphatic carbocycles. The van der Waals surface area contributed by atoms with Crippen LogP contribution in [0.4, 0.5) is 5.69 Å². The first-order chi connectivity index (χ1) is 18.8. The second kappa shape index (κ2) is 8.55. The molecule has 206 valence electrons. The molecule has 40 heavy (non-hydrogen) atoms. The lowest BCUT2D eigenvalue weighted by molar-refractivity contribution is -0.138. The number of anilines is 1. The third-order valence-corrected chi connectivity index (χ3v) is 10.1. The number of likely N-dealkylation sites (tertiary alicyclic amines) is 1. The topological polar surface area (TPSA) is 153 Å². The van der Waals surface area contributed by atoms with Gasteiger partial charge in [-0.2, -0.15) is 0 Å². The Hall–Kier alpha value is -3.89. The Bertz CT molecular complexity index is 1590. The smallest absolute Gasteiger partial charge is 0.339 e. The van der Waals surface area contributed by atoms with Crippen LogP contribution in [0.5, 0.6) is 11.5 Å². The quantitative estimate of drug-likeness (QED) is 0.283. The van der Waals surface area contributed by atoms with Crippen molar-refractivity contribution in [3.8, 4) is 11.5 Å². The minimum absolute atomic E-state index is 0.00734. The maximum absolute atomic E-state index is 13.9. The van der Waals surface area contributed by atoms with E-state index in [-0.39, 0.29) is 29.8 Å². The highest BCUT2D eigenvalue weighted by Crippen LogP contribution is 2.65. The number of phenols is 2. The highest BCUT2D eigenvalue weighted by Gasteiger charge is 2.75. The van der Waals surface area contributed by atoms with Gasteiger partial charge in [-0.05, 0) is 48.6 Å². The summed E-state index contributed by atoms with van der Waals surface area (Å²) >= 11 is 14.1. The van der Waals surface area contributed by atoms with Gasteiger partial charge >= 0.3 is 5.97 Å². The first-order valence-electron chi connectivity index (χ1n) is 12.5. The molecule has 2 saturated heterocycles. The van der Waals surface area contributed by atoms with Gasteiger partial charge in [0, 0.05) is 19.0 Å². The molecular weight excluding hydrogens is 563 g/mol. The number of rotatable bonds is 3. The van der Waals surface area contributed by atoms with Gasteiger partial charge in [0.1, 0.15) is 17.1 Å². The molecule has 12 heteroatoms. The number of halogens is 2. The molecule has 1 saturated carbocycles. The summed E-state index contributed by atoms with van der Waals surface area (Å²) in [6.07, 6.45) is 1.70. The molecule has 0 spiro atoms. The summed E-state index contributed by atoms with van der Waals surface area (Å²) < 4.78 is 0. The zero-order valence-corrected chi connectivity index (χ0v) is 22.4. The molecule has 2 aromatic carbocycles. The normalized spacial score (nSPS) is 33.0. The lowest BCUT2D eigenvalue weighted by atomic mass is 9.56. The molecule has 2 heterocycles. The zero-order valence-electron chi connectivity index (χ0n) is 20.9. The Morgan fingerprint density at radius 1 is 0.975 bits per heavy atom. The van der Waals surface area contributed by atoms with E-state index in [1.807, 2.05) is 0 Å². The summed E-state index contributed by atoms with van der Waals surface area (Å²) in [5.41, 5.74) is 0.616. The average molecular weight is 585 g/mol. The number of carbonyl (C=O) groups is 5. The van der Waals surface area contributed by atoms with Crippen molar-refractivity contribution in [2.75, 3.05) is 11.9 Å². The minimum atomic E-state index is -1.95. The van der Waals surface area contributed by atoms with Gasteiger partial charge in [0.25, 0.3) is 11.8 Å². The lowest BCUT2D eigenvalue weighted by Crippen LogP contribution is -2.60. The van der Waals surface area contributed by atoms with Crippen LogP contribution in [0, 0.1) is 17.8 Å². The van der Waals surface area contributed by atoms with E-state index < -0.39 is 68.8 Å². The number of carbonyl (C=O) groups excluding carboxylic acids is 4. The monoisotopic (exact) mass is 584 g/mol. The standard InChI is InChI=1S/C28H22Cl2N2O8/c1-31-25(39)27(29)11-18-15(21(28(27,30)26(31)40)12-3-2-4-14(33)9-12)7-8-17-20(18)23(36)32(22(17)35)13-5-6-16(24(37)38)19(34)10-13/h2-7,9-10,17-18,20-21,33-34H,8,11H2,1H3,(H,37,38)/t17-,18+,20-,21-,27+,28-/m0/s1. The van der Waals surface area contributed by atoms with E-state index in [1.165, 1.54) is 25.2 Å². The number of benzene rings is 2. The predicted octanol–water partition coefficient (Wildman–Crippen LogP) is 2.99. The van der Waals surface area contributed by atoms with Crippen LogP contribution in [0.1, 0.15) is 34.7 Å². The summed E-state index contributed by atoms with van der Waals surface area (Å²) in [5.74, 6) is -8.16. The Morgan fingerprint density at radius 3 is 2.35 bits per heavy atom. The van der Waals surface area contributed by atoms with Gasteiger partial charge in [0.2, 0.25) is 11.8 Å². The van der Waals surface area contributed by atoms with Crippen molar-refractivity contribution in [2.45, 2.75) is 28.5 Å². The molecule has 3 fully saturated rings. The molecule has 4 aliphatic rings. The average Bonchev–Trinajstić information content (AvgIpc) is 3.23. The maximum Gasteiger partial charge on any atom is 0.339 e. The van der Waals surface area contributed by atoms with Crippen molar-refractivity contribution < 1.29 is 39.3 Å². The zero-order chi connectivity index (χ0) is 28.9. The fourth-order valence-electron chi connectivity index (χ4n) is 6.92. The van der Waals surface area contributed by atoms with Gasteiger partial charge in [-0.1, -0.05) is 23.8 Å². The molecule has 2 aromatic rings.